The number of anilines is 2. The molecule has 0 spiro atoms. The highest BCUT2D eigenvalue weighted by molar-refractivity contribution is 7.89. The van der Waals surface area contributed by atoms with Crippen molar-refractivity contribution in [3.63, 3.8) is 0 Å². The zero-order valence-electron chi connectivity index (χ0n) is 19.7. The topological polar surface area (TPSA) is 91.4 Å². The molecule has 0 aromatic heterocycles. The van der Waals surface area contributed by atoms with Crippen LogP contribution in [0.25, 0.3) is 0 Å². The van der Waals surface area contributed by atoms with E-state index in [0.29, 0.717) is 44.1 Å². The number of hydrogen-bond acceptors (Lipinski definition) is 7. The van der Waals surface area contributed by atoms with Gasteiger partial charge < -0.3 is 24.6 Å². The quantitative estimate of drug-likeness (QED) is 0.632. The molecule has 0 atom stereocenters. The van der Waals surface area contributed by atoms with E-state index in [2.05, 4.69) is 27.2 Å². The largest absolute Gasteiger partial charge is 0.378 e. The zero-order chi connectivity index (χ0) is 24.1. The second-order valence-electron chi connectivity index (χ2n) is 8.51. The lowest BCUT2D eigenvalue weighted by Gasteiger charge is -2.30. The first-order chi connectivity index (χ1) is 16.4. The van der Waals surface area contributed by atoms with Gasteiger partial charge in [0.25, 0.3) is 5.91 Å². The summed E-state index contributed by atoms with van der Waals surface area (Å²) in [6.45, 7) is 5.95. The summed E-state index contributed by atoms with van der Waals surface area (Å²) in [5, 5.41) is 2.96. The van der Waals surface area contributed by atoms with Gasteiger partial charge in [0, 0.05) is 58.2 Å². The highest BCUT2D eigenvalue weighted by Crippen LogP contribution is 2.26. The van der Waals surface area contributed by atoms with Crippen molar-refractivity contribution in [3.8, 4) is 0 Å². The molecule has 10 heteroatoms. The molecule has 2 aromatic rings. The molecule has 0 radical (unpaired) electrons. The second kappa shape index (κ2) is 10.7. The van der Waals surface area contributed by atoms with Crippen molar-refractivity contribution in [1.82, 2.24) is 9.62 Å². The van der Waals surface area contributed by atoms with Gasteiger partial charge in [0.2, 0.25) is 10.0 Å². The molecule has 184 valence electrons. The lowest BCUT2D eigenvalue weighted by Crippen LogP contribution is -2.38. The van der Waals surface area contributed by atoms with Crippen LogP contribution in [0, 0.1) is 0 Å². The first-order valence-corrected chi connectivity index (χ1v) is 12.9. The van der Waals surface area contributed by atoms with Crippen LogP contribution in [0.15, 0.2) is 47.4 Å². The van der Waals surface area contributed by atoms with Gasteiger partial charge in [0.15, 0.2) is 0 Å². The summed E-state index contributed by atoms with van der Waals surface area (Å²) >= 11 is 0. The van der Waals surface area contributed by atoms with Crippen molar-refractivity contribution < 1.29 is 22.7 Å². The van der Waals surface area contributed by atoms with E-state index in [0.717, 1.165) is 41.9 Å². The van der Waals surface area contributed by atoms with Crippen LogP contribution >= 0.6 is 0 Å². The van der Waals surface area contributed by atoms with E-state index in [4.69, 9.17) is 9.47 Å². The highest BCUT2D eigenvalue weighted by atomic mass is 32.2. The molecule has 0 saturated carbocycles. The number of carbonyl (C=O) groups excluding carboxylic acids is 1. The Hall–Kier alpha value is -2.66. The molecule has 2 saturated heterocycles. The number of morpholine rings is 2. The molecule has 34 heavy (non-hydrogen) atoms. The minimum absolute atomic E-state index is 0.0922. The number of ether oxygens (including phenoxy) is 2. The molecule has 1 amide bonds. The van der Waals surface area contributed by atoms with Crippen molar-refractivity contribution in [2.45, 2.75) is 11.4 Å². The smallest absolute Gasteiger partial charge is 0.253 e. The molecule has 2 aromatic carbocycles. The van der Waals surface area contributed by atoms with Crippen molar-refractivity contribution in [2.75, 3.05) is 76.5 Å². The standard InChI is InChI=1S/C24H32N4O5S/c1-26(2)34(30,31)21-7-8-23(28-11-15-33-16-12-28)22(17-21)24(29)25-18-19-3-5-20(6-4-19)27-9-13-32-14-10-27/h3-8,17H,9-16,18H2,1-2H3,(H,25,29). The van der Waals surface area contributed by atoms with Gasteiger partial charge in [-0.3, -0.25) is 4.79 Å². The van der Waals surface area contributed by atoms with E-state index in [9.17, 15) is 13.2 Å². The molecule has 0 unspecified atom stereocenters. The highest BCUT2D eigenvalue weighted by Gasteiger charge is 2.24. The predicted octanol–water partition coefficient (Wildman–Crippen LogP) is 1.54. The Kier molecular flexibility index (Phi) is 7.72. The van der Waals surface area contributed by atoms with E-state index in [1.165, 1.54) is 20.2 Å². The number of nitrogens with zero attached hydrogens (tertiary/aromatic N) is 3. The van der Waals surface area contributed by atoms with Gasteiger partial charge in [-0.2, -0.15) is 0 Å². The van der Waals surface area contributed by atoms with E-state index in [1.54, 1.807) is 12.1 Å². The maximum absolute atomic E-state index is 13.2. The Morgan fingerprint density at radius 3 is 2.09 bits per heavy atom. The van der Waals surface area contributed by atoms with Crippen molar-refractivity contribution in [3.05, 3.63) is 53.6 Å². The summed E-state index contributed by atoms with van der Waals surface area (Å²) in [6, 6.07) is 12.8. The van der Waals surface area contributed by atoms with Crippen LogP contribution in [-0.4, -0.2) is 85.3 Å². The van der Waals surface area contributed by atoms with Gasteiger partial charge in [0.1, 0.15) is 0 Å². The van der Waals surface area contributed by atoms with E-state index in [1.807, 2.05) is 12.1 Å². The van der Waals surface area contributed by atoms with Gasteiger partial charge in [-0.05, 0) is 35.9 Å². The number of amides is 1. The SMILES string of the molecule is CN(C)S(=O)(=O)c1ccc(N2CCOCC2)c(C(=O)NCc2ccc(N3CCOCC3)cc2)c1. The molecule has 0 bridgehead atoms. The van der Waals surface area contributed by atoms with E-state index >= 15 is 0 Å². The summed E-state index contributed by atoms with van der Waals surface area (Å²) in [6.07, 6.45) is 0. The van der Waals surface area contributed by atoms with E-state index < -0.39 is 10.0 Å². The summed E-state index contributed by atoms with van der Waals surface area (Å²) in [4.78, 5) is 17.7. The maximum Gasteiger partial charge on any atom is 0.253 e. The van der Waals surface area contributed by atoms with Gasteiger partial charge in [-0.1, -0.05) is 12.1 Å². The predicted molar refractivity (Wildman–Crippen MR) is 131 cm³/mol. The van der Waals surface area contributed by atoms with Gasteiger partial charge in [-0.25, -0.2) is 12.7 Å². The average molecular weight is 489 g/mol. The summed E-state index contributed by atoms with van der Waals surface area (Å²) in [5.41, 5.74) is 3.15. The van der Waals surface area contributed by atoms with Crippen LogP contribution in [0.5, 0.6) is 0 Å². The number of carbonyl (C=O) groups is 1. The minimum Gasteiger partial charge on any atom is -0.378 e. The average Bonchev–Trinajstić information content (AvgIpc) is 2.88. The molecule has 0 aliphatic carbocycles. The molecule has 2 heterocycles. The van der Waals surface area contributed by atoms with Crippen LogP contribution in [0.4, 0.5) is 11.4 Å². The lowest BCUT2D eigenvalue weighted by molar-refractivity contribution is 0.0949. The molecule has 1 N–H and O–H groups in total. The van der Waals surface area contributed by atoms with Crippen LogP contribution < -0.4 is 15.1 Å². The van der Waals surface area contributed by atoms with Crippen LogP contribution in [-0.2, 0) is 26.0 Å². The minimum atomic E-state index is -3.67. The van der Waals surface area contributed by atoms with Crippen LogP contribution in [0.2, 0.25) is 0 Å². The third-order valence-corrected chi connectivity index (χ3v) is 7.92. The van der Waals surface area contributed by atoms with Gasteiger partial charge in [-0.15, -0.1) is 0 Å². The number of hydrogen-bond donors (Lipinski definition) is 1. The fraction of sp³-hybridized carbons (Fsp3) is 0.458. The van der Waals surface area contributed by atoms with Crippen molar-refractivity contribution >= 4 is 27.3 Å². The molecule has 9 nitrogen and oxygen atoms in total. The lowest BCUT2D eigenvalue weighted by atomic mass is 10.1. The molecular weight excluding hydrogens is 456 g/mol. The van der Waals surface area contributed by atoms with Gasteiger partial charge in [0.05, 0.1) is 36.9 Å². The molecule has 2 aliphatic rings. The molecule has 2 aliphatic heterocycles. The third kappa shape index (κ3) is 5.52. The fourth-order valence-corrected chi connectivity index (χ4v) is 5.00. The van der Waals surface area contributed by atoms with E-state index in [-0.39, 0.29) is 10.8 Å². The number of benzene rings is 2. The molecule has 4 rings (SSSR count). The molecule has 2 fully saturated rings. The Morgan fingerprint density at radius 2 is 1.50 bits per heavy atom. The monoisotopic (exact) mass is 488 g/mol. The Balaban J connectivity index is 1.52. The normalized spacial score (nSPS) is 17.1. The molecular formula is C24H32N4O5S. The Morgan fingerprint density at radius 1 is 0.912 bits per heavy atom. The Bertz CT molecular complexity index is 1090. The number of rotatable bonds is 7. The summed E-state index contributed by atoms with van der Waals surface area (Å²) in [5.74, 6) is -0.311. The number of sulfonamides is 1. The zero-order valence-corrected chi connectivity index (χ0v) is 20.5. The second-order valence-corrected chi connectivity index (χ2v) is 10.7. The summed E-state index contributed by atoms with van der Waals surface area (Å²) < 4.78 is 37.4. The first kappa shape index (κ1) is 24.5. The van der Waals surface area contributed by atoms with Crippen molar-refractivity contribution in [1.29, 1.82) is 0 Å². The maximum atomic E-state index is 13.2. The van der Waals surface area contributed by atoms with Crippen molar-refractivity contribution in [2.24, 2.45) is 0 Å². The summed E-state index contributed by atoms with van der Waals surface area (Å²) in [7, 11) is -0.711. The Labute approximate surface area is 201 Å². The van der Waals surface area contributed by atoms with Gasteiger partial charge >= 0.3 is 0 Å². The first-order valence-electron chi connectivity index (χ1n) is 11.5. The van der Waals surface area contributed by atoms with Crippen LogP contribution in [0.3, 0.4) is 0 Å². The third-order valence-electron chi connectivity index (χ3n) is 6.11. The van der Waals surface area contributed by atoms with Crippen LogP contribution in [0.1, 0.15) is 15.9 Å². The fourth-order valence-electron chi connectivity index (χ4n) is 4.07. The number of nitrogens with one attached hydrogen (secondary N) is 1.